The Kier molecular flexibility index (Phi) is 5.94. The third-order valence-electron chi connectivity index (χ3n) is 4.68. The summed E-state index contributed by atoms with van der Waals surface area (Å²) in [5.74, 6) is -1.27. The number of rotatable bonds is 6. The van der Waals surface area contributed by atoms with Gasteiger partial charge in [0, 0.05) is 5.39 Å². The maximum absolute atomic E-state index is 12.3. The molecule has 0 aromatic heterocycles. The van der Waals surface area contributed by atoms with Crippen molar-refractivity contribution in [3.05, 3.63) is 77.4 Å². The summed E-state index contributed by atoms with van der Waals surface area (Å²) in [6.45, 7) is 3.57. The van der Waals surface area contributed by atoms with Gasteiger partial charge in [-0.15, -0.1) is 0 Å². The molecule has 0 saturated carbocycles. The van der Waals surface area contributed by atoms with Crippen LogP contribution >= 0.6 is 0 Å². The molecule has 3 aromatic carbocycles. The summed E-state index contributed by atoms with van der Waals surface area (Å²) in [6.07, 6.45) is 0.716. The number of aromatic hydroxyl groups is 1. The number of aryl methyl sites for hydroxylation is 1. The molecule has 0 aliphatic rings. The summed E-state index contributed by atoms with van der Waals surface area (Å²) in [7, 11) is 0. The minimum atomic E-state index is -0.734. The van der Waals surface area contributed by atoms with Crippen molar-refractivity contribution < 1.29 is 19.4 Å². The molecule has 0 radical (unpaired) electrons. The van der Waals surface area contributed by atoms with E-state index in [1.54, 1.807) is 18.2 Å². The predicted molar refractivity (Wildman–Crippen MR) is 108 cm³/mol. The van der Waals surface area contributed by atoms with Crippen LogP contribution in [0.1, 0.15) is 40.9 Å². The van der Waals surface area contributed by atoms with Crippen LogP contribution in [0.3, 0.4) is 0 Å². The molecular weight excluding hydrogens is 354 g/mol. The zero-order valence-electron chi connectivity index (χ0n) is 15.9. The second kappa shape index (κ2) is 8.57. The van der Waals surface area contributed by atoms with Gasteiger partial charge in [-0.25, -0.2) is 4.79 Å². The van der Waals surface area contributed by atoms with E-state index in [1.165, 1.54) is 6.07 Å². The highest BCUT2D eigenvalue weighted by Gasteiger charge is 2.18. The minimum absolute atomic E-state index is 0.0390. The number of ether oxygens (including phenoxy) is 1. The van der Waals surface area contributed by atoms with Crippen LogP contribution in [0.15, 0.2) is 60.7 Å². The molecule has 0 bridgehead atoms. The van der Waals surface area contributed by atoms with E-state index in [0.29, 0.717) is 11.8 Å². The molecule has 3 aromatic rings. The highest BCUT2D eigenvalue weighted by atomic mass is 16.5. The van der Waals surface area contributed by atoms with E-state index in [9.17, 15) is 14.7 Å². The van der Waals surface area contributed by atoms with Crippen molar-refractivity contribution in [1.29, 1.82) is 0 Å². The molecule has 0 heterocycles. The molecular formula is C23H23NO4. The van der Waals surface area contributed by atoms with Crippen LogP contribution in [0.5, 0.6) is 5.75 Å². The fourth-order valence-corrected chi connectivity index (χ4v) is 3.08. The Morgan fingerprint density at radius 1 is 1.04 bits per heavy atom. The Bertz CT molecular complexity index is 995. The number of amides is 1. The lowest BCUT2D eigenvalue weighted by atomic mass is 10.0. The fraction of sp³-hybridized carbons (Fsp3) is 0.217. The number of phenols is 1. The lowest BCUT2D eigenvalue weighted by Crippen LogP contribution is -2.32. The van der Waals surface area contributed by atoms with E-state index in [4.69, 9.17) is 4.74 Å². The number of carbonyl (C=O) groups is 2. The van der Waals surface area contributed by atoms with Crippen molar-refractivity contribution in [3.63, 3.8) is 0 Å². The van der Waals surface area contributed by atoms with Crippen LogP contribution in [-0.4, -0.2) is 23.6 Å². The summed E-state index contributed by atoms with van der Waals surface area (Å²) in [5, 5.41) is 14.6. The zero-order chi connectivity index (χ0) is 20.1. The number of hydrogen-bond donors (Lipinski definition) is 2. The van der Waals surface area contributed by atoms with Crippen molar-refractivity contribution in [1.82, 2.24) is 5.32 Å². The van der Waals surface area contributed by atoms with Crippen molar-refractivity contribution >= 4 is 22.6 Å². The molecule has 0 saturated heterocycles. The molecule has 1 atom stereocenters. The third-order valence-corrected chi connectivity index (χ3v) is 4.68. The monoisotopic (exact) mass is 377 g/mol. The molecule has 0 fully saturated rings. The first-order valence-corrected chi connectivity index (χ1v) is 9.23. The standard InChI is InChI=1S/C23H23NO4/c1-3-20(17-10-8-15(2)9-11-17)24-21(25)14-28-23(27)19-13-12-16-6-4-5-7-18(16)22(19)26/h4-13,20,26H,3,14H2,1-2H3,(H,24,25)/t20-/m1/s1. The van der Waals surface area contributed by atoms with Gasteiger partial charge in [0.1, 0.15) is 11.3 Å². The fourth-order valence-electron chi connectivity index (χ4n) is 3.08. The van der Waals surface area contributed by atoms with E-state index in [1.807, 2.05) is 50.2 Å². The molecule has 144 valence electrons. The Morgan fingerprint density at radius 3 is 2.46 bits per heavy atom. The maximum Gasteiger partial charge on any atom is 0.342 e. The van der Waals surface area contributed by atoms with Crippen molar-refractivity contribution in [2.75, 3.05) is 6.61 Å². The molecule has 0 aliphatic heterocycles. The van der Waals surface area contributed by atoms with Crippen LogP contribution in [0.25, 0.3) is 10.8 Å². The van der Waals surface area contributed by atoms with Crippen molar-refractivity contribution in [2.45, 2.75) is 26.3 Å². The first kappa shape index (κ1) is 19.4. The van der Waals surface area contributed by atoms with Crippen LogP contribution in [-0.2, 0) is 9.53 Å². The molecule has 2 N–H and O–H groups in total. The molecule has 0 aliphatic carbocycles. The number of esters is 1. The number of fused-ring (bicyclic) bond motifs is 1. The topological polar surface area (TPSA) is 75.6 Å². The molecule has 28 heavy (non-hydrogen) atoms. The summed E-state index contributed by atoms with van der Waals surface area (Å²) >= 11 is 0. The zero-order valence-corrected chi connectivity index (χ0v) is 15.9. The van der Waals surface area contributed by atoms with Gasteiger partial charge < -0.3 is 15.2 Å². The highest BCUT2D eigenvalue weighted by molar-refractivity contribution is 6.01. The van der Waals surface area contributed by atoms with Gasteiger partial charge in [0.05, 0.1) is 6.04 Å². The van der Waals surface area contributed by atoms with Gasteiger partial charge in [-0.3, -0.25) is 4.79 Å². The minimum Gasteiger partial charge on any atom is -0.506 e. The first-order valence-electron chi connectivity index (χ1n) is 9.23. The van der Waals surface area contributed by atoms with Gasteiger partial charge in [0.25, 0.3) is 5.91 Å². The van der Waals surface area contributed by atoms with Gasteiger partial charge in [-0.05, 0) is 30.4 Å². The van der Waals surface area contributed by atoms with Gasteiger partial charge in [-0.1, -0.05) is 67.1 Å². The average Bonchev–Trinajstić information content (AvgIpc) is 2.71. The molecule has 0 unspecified atom stereocenters. The van der Waals surface area contributed by atoms with Gasteiger partial charge in [-0.2, -0.15) is 0 Å². The number of hydrogen-bond acceptors (Lipinski definition) is 4. The van der Waals surface area contributed by atoms with Crippen LogP contribution in [0, 0.1) is 6.92 Å². The van der Waals surface area contributed by atoms with Gasteiger partial charge in [0.2, 0.25) is 0 Å². The van der Waals surface area contributed by atoms with Crippen LogP contribution < -0.4 is 5.32 Å². The predicted octanol–water partition coefficient (Wildman–Crippen LogP) is 4.28. The summed E-state index contributed by atoms with van der Waals surface area (Å²) in [4.78, 5) is 24.5. The highest BCUT2D eigenvalue weighted by Crippen LogP contribution is 2.29. The Hall–Kier alpha value is -3.34. The lowest BCUT2D eigenvalue weighted by Gasteiger charge is -2.18. The quantitative estimate of drug-likeness (QED) is 0.629. The second-order valence-corrected chi connectivity index (χ2v) is 6.70. The normalized spacial score (nSPS) is 11.8. The van der Waals surface area contributed by atoms with Crippen molar-refractivity contribution in [2.24, 2.45) is 0 Å². The van der Waals surface area contributed by atoms with E-state index < -0.39 is 12.6 Å². The van der Waals surface area contributed by atoms with Gasteiger partial charge >= 0.3 is 5.97 Å². The molecule has 5 nitrogen and oxygen atoms in total. The number of nitrogens with one attached hydrogen (secondary N) is 1. The largest absolute Gasteiger partial charge is 0.506 e. The summed E-state index contributed by atoms with van der Waals surface area (Å²) in [5.41, 5.74) is 2.19. The Balaban J connectivity index is 1.63. The summed E-state index contributed by atoms with van der Waals surface area (Å²) < 4.78 is 5.11. The number of benzene rings is 3. The van der Waals surface area contributed by atoms with E-state index in [-0.39, 0.29) is 23.3 Å². The Morgan fingerprint density at radius 2 is 1.75 bits per heavy atom. The van der Waals surface area contributed by atoms with Crippen LogP contribution in [0.2, 0.25) is 0 Å². The SMILES string of the molecule is CC[C@@H](NC(=O)COC(=O)c1ccc2ccccc2c1O)c1ccc(C)cc1. The number of carbonyl (C=O) groups excluding carboxylic acids is 2. The molecule has 3 rings (SSSR count). The van der Waals surface area contributed by atoms with E-state index >= 15 is 0 Å². The first-order chi connectivity index (χ1) is 13.5. The average molecular weight is 377 g/mol. The molecule has 1 amide bonds. The van der Waals surface area contributed by atoms with Crippen molar-refractivity contribution in [3.8, 4) is 5.75 Å². The second-order valence-electron chi connectivity index (χ2n) is 6.70. The van der Waals surface area contributed by atoms with E-state index in [0.717, 1.165) is 16.5 Å². The molecule has 0 spiro atoms. The maximum atomic E-state index is 12.3. The summed E-state index contributed by atoms with van der Waals surface area (Å²) in [6, 6.07) is 18.2. The van der Waals surface area contributed by atoms with Crippen LogP contribution in [0.4, 0.5) is 0 Å². The third kappa shape index (κ3) is 4.31. The number of phenolic OH excluding ortho intramolecular Hbond substituents is 1. The molecule has 5 heteroatoms. The van der Waals surface area contributed by atoms with E-state index in [2.05, 4.69) is 5.32 Å². The Labute approximate surface area is 164 Å². The smallest absolute Gasteiger partial charge is 0.342 e. The lowest BCUT2D eigenvalue weighted by molar-refractivity contribution is -0.125. The van der Waals surface area contributed by atoms with Gasteiger partial charge in [0.15, 0.2) is 6.61 Å².